The average Bonchev–Trinajstić information content (AvgIpc) is 2.13. The van der Waals surface area contributed by atoms with Crippen molar-refractivity contribution in [1.82, 2.24) is 10.3 Å². The van der Waals surface area contributed by atoms with E-state index in [9.17, 15) is 0 Å². The Morgan fingerprint density at radius 3 is 3.07 bits per heavy atom. The Kier molecular flexibility index (Phi) is 2.94. The maximum Gasteiger partial charge on any atom is 0.0413 e. The molecule has 74 valence electrons. The fraction of sp³-hybridized carbons (Fsp3) is 0.417. The lowest BCUT2D eigenvalue weighted by molar-refractivity contribution is 0.344. The first kappa shape index (κ1) is 9.41. The number of nitrogens with one attached hydrogen (secondary N) is 1. The number of nitrogens with zero attached hydrogens (tertiary/aromatic N) is 1. The Morgan fingerprint density at radius 1 is 1.57 bits per heavy atom. The predicted octanol–water partition coefficient (Wildman–Crippen LogP) is 1.88. The molecule has 2 nitrogen and oxygen atoms in total. The van der Waals surface area contributed by atoms with Gasteiger partial charge in [-0.25, -0.2) is 0 Å². The monoisotopic (exact) mass is 188 g/mol. The van der Waals surface area contributed by atoms with Crippen LogP contribution in [0.5, 0.6) is 0 Å². The number of hydrogen-bond acceptors (Lipinski definition) is 2. The molecule has 2 rings (SSSR count). The summed E-state index contributed by atoms with van der Waals surface area (Å²) in [7, 11) is 0. The third-order valence-electron chi connectivity index (χ3n) is 2.56. The van der Waals surface area contributed by atoms with Crippen LogP contribution in [-0.4, -0.2) is 18.1 Å². The van der Waals surface area contributed by atoms with Crippen LogP contribution < -0.4 is 5.32 Å². The van der Waals surface area contributed by atoms with Gasteiger partial charge in [0.05, 0.1) is 0 Å². The lowest BCUT2D eigenvalue weighted by Crippen LogP contribution is -2.43. The Labute approximate surface area is 85.1 Å². The molecule has 2 heteroatoms. The van der Waals surface area contributed by atoms with E-state index in [2.05, 4.69) is 28.5 Å². The Bertz CT molecular complexity index is 327. The molecule has 0 saturated carbocycles. The second-order valence-corrected chi connectivity index (χ2v) is 3.81. The highest BCUT2D eigenvalue weighted by molar-refractivity contribution is 5.48. The van der Waals surface area contributed by atoms with Crippen LogP contribution in [0.4, 0.5) is 0 Å². The van der Waals surface area contributed by atoms with E-state index in [1.807, 2.05) is 19.2 Å². The fourth-order valence-corrected chi connectivity index (χ4v) is 1.69. The standard InChI is InChI=1S/C12H16N2/c1-2-3-10-4-5-14-12(6-10)7-11-8-13-9-11/h2-6,11,13H,7-9H2,1H3/b3-2-. The summed E-state index contributed by atoms with van der Waals surface area (Å²) in [5.74, 6) is 0.795. The van der Waals surface area contributed by atoms with E-state index in [4.69, 9.17) is 0 Å². The van der Waals surface area contributed by atoms with Gasteiger partial charge in [-0.15, -0.1) is 0 Å². The molecule has 1 aromatic rings. The minimum absolute atomic E-state index is 0.795. The normalized spacial score (nSPS) is 17.2. The zero-order chi connectivity index (χ0) is 9.80. The van der Waals surface area contributed by atoms with Gasteiger partial charge in [0, 0.05) is 11.9 Å². The summed E-state index contributed by atoms with van der Waals surface area (Å²) in [6.45, 7) is 4.33. The van der Waals surface area contributed by atoms with Crippen molar-refractivity contribution < 1.29 is 0 Å². The smallest absolute Gasteiger partial charge is 0.0413 e. The largest absolute Gasteiger partial charge is 0.316 e. The Balaban J connectivity index is 2.05. The van der Waals surface area contributed by atoms with Gasteiger partial charge in [-0.05, 0) is 50.0 Å². The summed E-state index contributed by atoms with van der Waals surface area (Å²) < 4.78 is 0. The van der Waals surface area contributed by atoms with E-state index in [0.29, 0.717) is 0 Å². The minimum Gasteiger partial charge on any atom is -0.316 e. The van der Waals surface area contributed by atoms with Gasteiger partial charge in [-0.1, -0.05) is 12.2 Å². The van der Waals surface area contributed by atoms with Crippen molar-refractivity contribution in [1.29, 1.82) is 0 Å². The third kappa shape index (κ3) is 2.20. The van der Waals surface area contributed by atoms with E-state index in [0.717, 1.165) is 25.4 Å². The van der Waals surface area contributed by atoms with Gasteiger partial charge in [0.15, 0.2) is 0 Å². The van der Waals surface area contributed by atoms with Crippen LogP contribution in [0.2, 0.25) is 0 Å². The molecule has 0 atom stereocenters. The lowest BCUT2D eigenvalue weighted by Gasteiger charge is -2.26. The van der Waals surface area contributed by atoms with Gasteiger partial charge < -0.3 is 5.32 Å². The van der Waals surface area contributed by atoms with Crippen molar-refractivity contribution in [3.8, 4) is 0 Å². The molecule has 1 fully saturated rings. The molecular weight excluding hydrogens is 172 g/mol. The SMILES string of the molecule is C/C=C\c1ccnc(CC2CNC2)c1. The summed E-state index contributed by atoms with van der Waals surface area (Å²) in [6, 6.07) is 4.22. The van der Waals surface area contributed by atoms with Crippen molar-refractivity contribution in [2.75, 3.05) is 13.1 Å². The van der Waals surface area contributed by atoms with E-state index in [1.54, 1.807) is 0 Å². The van der Waals surface area contributed by atoms with Crippen molar-refractivity contribution in [3.63, 3.8) is 0 Å². The second-order valence-electron chi connectivity index (χ2n) is 3.81. The van der Waals surface area contributed by atoms with E-state index in [1.165, 1.54) is 11.3 Å². The average molecular weight is 188 g/mol. The summed E-state index contributed by atoms with van der Waals surface area (Å²) in [5.41, 5.74) is 2.47. The third-order valence-corrected chi connectivity index (χ3v) is 2.56. The zero-order valence-electron chi connectivity index (χ0n) is 8.53. The van der Waals surface area contributed by atoms with Gasteiger partial charge in [-0.3, -0.25) is 4.98 Å². The molecule has 14 heavy (non-hydrogen) atoms. The van der Waals surface area contributed by atoms with Crippen LogP contribution in [0.1, 0.15) is 18.2 Å². The maximum atomic E-state index is 4.38. The first-order valence-electron chi connectivity index (χ1n) is 5.17. The van der Waals surface area contributed by atoms with Crippen molar-refractivity contribution >= 4 is 6.08 Å². The van der Waals surface area contributed by atoms with Crippen molar-refractivity contribution in [3.05, 3.63) is 35.7 Å². The first-order chi connectivity index (χ1) is 6.88. The molecule has 0 aromatic carbocycles. The molecule has 2 heterocycles. The molecule has 1 aliphatic rings. The summed E-state index contributed by atoms with van der Waals surface area (Å²) in [4.78, 5) is 4.38. The molecule has 0 radical (unpaired) electrons. The highest BCUT2D eigenvalue weighted by Gasteiger charge is 2.17. The molecule has 1 N–H and O–H groups in total. The quantitative estimate of drug-likeness (QED) is 0.783. The van der Waals surface area contributed by atoms with Crippen LogP contribution in [0.25, 0.3) is 6.08 Å². The molecule has 0 spiro atoms. The van der Waals surface area contributed by atoms with Gasteiger partial charge in [-0.2, -0.15) is 0 Å². The number of rotatable bonds is 3. The van der Waals surface area contributed by atoms with Crippen LogP contribution in [0.15, 0.2) is 24.4 Å². The maximum absolute atomic E-state index is 4.38. The van der Waals surface area contributed by atoms with E-state index in [-0.39, 0.29) is 0 Å². The minimum atomic E-state index is 0.795. The highest BCUT2D eigenvalue weighted by Crippen LogP contribution is 2.12. The molecule has 1 aromatic heterocycles. The van der Waals surface area contributed by atoms with Crippen LogP contribution in [0.3, 0.4) is 0 Å². The predicted molar refractivity (Wildman–Crippen MR) is 59.0 cm³/mol. The number of allylic oxidation sites excluding steroid dienone is 1. The molecule has 1 aliphatic heterocycles. The molecular formula is C12H16N2. The second kappa shape index (κ2) is 4.38. The molecule has 0 bridgehead atoms. The van der Waals surface area contributed by atoms with Crippen molar-refractivity contribution in [2.45, 2.75) is 13.3 Å². The van der Waals surface area contributed by atoms with E-state index >= 15 is 0 Å². The molecule has 1 saturated heterocycles. The summed E-state index contributed by atoms with van der Waals surface area (Å²) in [5, 5.41) is 3.28. The molecule has 0 unspecified atom stereocenters. The lowest BCUT2D eigenvalue weighted by atomic mass is 9.96. The zero-order valence-corrected chi connectivity index (χ0v) is 8.53. The first-order valence-corrected chi connectivity index (χ1v) is 5.17. The van der Waals surface area contributed by atoms with Crippen LogP contribution >= 0.6 is 0 Å². The highest BCUT2D eigenvalue weighted by atomic mass is 14.9. The summed E-state index contributed by atoms with van der Waals surface area (Å²) >= 11 is 0. The van der Waals surface area contributed by atoms with Gasteiger partial charge in [0.25, 0.3) is 0 Å². The van der Waals surface area contributed by atoms with Crippen LogP contribution in [0, 0.1) is 5.92 Å². The van der Waals surface area contributed by atoms with Gasteiger partial charge in [0.2, 0.25) is 0 Å². The number of aromatic nitrogens is 1. The number of hydrogen-bond donors (Lipinski definition) is 1. The van der Waals surface area contributed by atoms with Crippen LogP contribution in [-0.2, 0) is 6.42 Å². The van der Waals surface area contributed by atoms with Gasteiger partial charge >= 0.3 is 0 Å². The topological polar surface area (TPSA) is 24.9 Å². The molecule has 0 amide bonds. The van der Waals surface area contributed by atoms with Gasteiger partial charge in [0.1, 0.15) is 0 Å². The Morgan fingerprint density at radius 2 is 2.43 bits per heavy atom. The fourth-order valence-electron chi connectivity index (χ4n) is 1.69. The van der Waals surface area contributed by atoms with Crippen molar-refractivity contribution in [2.24, 2.45) is 5.92 Å². The van der Waals surface area contributed by atoms with E-state index < -0.39 is 0 Å². The number of pyridine rings is 1. The summed E-state index contributed by atoms with van der Waals surface area (Å²) in [6.07, 6.45) is 7.18. The Hall–Kier alpha value is -1.15. The molecule has 0 aliphatic carbocycles.